The lowest BCUT2D eigenvalue weighted by atomic mass is 10.0. The zero-order chi connectivity index (χ0) is 19.8. The molecule has 0 atom stereocenters. The number of hydrogen-bond acceptors (Lipinski definition) is 3. The maximum atomic E-state index is 13.1. The summed E-state index contributed by atoms with van der Waals surface area (Å²) in [6.07, 6.45) is 3.67. The van der Waals surface area contributed by atoms with Crippen LogP contribution in [0.3, 0.4) is 0 Å². The largest absolute Gasteiger partial charge is 0.372 e. The molecule has 0 aromatic heterocycles. The van der Waals surface area contributed by atoms with Gasteiger partial charge in [0.1, 0.15) is 5.03 Å². The second-order valence-corrected chi connectivity index (χ2v) is 7.88. The number of aryl methyl sites for hydroxylation is 2. The lowest BCUT2D eigenvalue weighted by Gasteiger charge is -2.29. The standard InChI is InChI=1S/C23H23ClN2O2/c1-15-6-7-17(14-16(15)2)20-21(24)23(28)26(22(20)27)19-10-8-18(9-11-19)25-12-4-3-5-13-25/h6-11,14H,3-5,12-13H2,1-2H3. The number of halogens is 1. The molecular weight excluding hydrogens is 372 g/mol. The summed E-state index contributed by atoms with van der Waals surface area (Å²) < 4.78 is 0. The van der Waals surface area contributed by atoms with Crippen molar-refractivity contribution in [3.63, 3.8) is 0 Å². The molecule has 0 aliphatic carbocycles. The summed E-state index contributed by atoms with van der Waals surface area (Å²) in [5.74, 6) is -0.838. The summed E-state index contributed by atoms with van der Waals surface area (Å²) in [4.78, 5) is 29.3. The minimum absolute atomic E-state index is 0.0200. The maximum absolute atomic E-state index is 13.1. The first-order valence-corrected chi connectivity index (χ1v) is 10.1. The number of imide groups is 1. The van der Waals surface area contributed by atoms with Gasteiger partial charge in [-0.25, -0.2) is 4.90 Å². The Hall–Kier alpha value is -2.59. The number of carbonyl (C=O) groups excluding carboxylic acids is 2. The van der Waals surface area contributed by atoms with E-state index < -0.39 is 5.91 Å². The Balaban J connectivity index is 1.62. The van der Waals surface area contributed by atoms with Crippen LogP contribution in [-0.2, 0) is 9.59 Å². The lowest BCUT2D eigenvalue weighted by Crippen LogP contribution is -2.31. The average molecular weight is 395 g/mol. The third-order valence-corrected chi connectivity index (χ3v) is 6.00. The van der Waals surface area contributed by atoms with E-state index in [4.69, 9.17) is 11.6 Å². The van der Waals surface area contributed by atoms with Crippen LogP contribution in [-0.4, -0.2) is 24.9 Å². The quantitative estimate of drug-likeness (QED) is 0.701. The number of carbonyl (C=O) groups is 2. The Bertz CT molecular complexity index is 973. The molecule has 4 nitrogen and oxygen atoms in total. The topological polar surface area (TPSA) is 40.6 Å². The molecule has 2 amide bonds. The van der Waals surface area contributed by atoms with E-state index in [1.165, 1.54) is 24.2 Å². The van der Waals surface area contributed by atoms with Crippen molar-refractivity contribution in [3.05, 3.63) is 64.2 Å². The maximum Gasteiger partial charge on any atom is 0.277 e. The normalized spacial score (nSPS) is 17.7. The van der Waals surface area contributed by atoms with Gasteiger partial charge in [0.05, 0.1) is 11.3 Å². The molecule has 2 aromatic carbocycles. The van der Waals surface area contributed by atoms with E-state index >= 15 is 0 Å². The summed E-state index contributed by atoms with van der Waals surface area (Å²) >= 11 is 6.31. The number of amides is 2. The van der Waals surface area contributed by atoms with Crippen LogP contribution >= 0.6 is 11.6 Å². The van der Waals surface area contributed by atoms with Crippen LogP contribution in [0.4, 0.5) is 11.4 Å². The number of anilines is 2. The molecule has 5 heteroatoms. The van der Waals surface area contributed by atoms with Crippen molar-refractivity contribution in [1.82, 2.24) is 0 Å². The van der Waals surface area contributed by atoms with Crippen LogP contribution in [0.5, 0.6) is 0 Å². The van der Waals surface area contributed by atoms with Crippen molar-refractivity contribution in [2.24, 2.45) is 0 Å². The van der Waals surface area contributed by atoms with Crippen molar-refractivity contribution in [3.8, 4) is 0 Å². The van der Waals surface area contributed by atoms with Gasteiger partial charge in [-0.15, -0.1) is 0 Å². The monoisotopic (exact) mass is 394 g/mol. The predicted octanol–water partition coefficient (Wildman–Crippen LogP) is 4.82. The molecule has 1 saturated heterocycles. The van der Waals surface area contributed by atoms with Gasteiger partial charge in [-0.2, -0.15) is 0 Å². The summed E-state index contributed by atoms with van der Waals surface area (Å²) in [6.45, 7) is 6.08. The first-order valence-electron chi connectivity index (χ1n) is 9.68. The van der Waals surface area contributed by atoms with Crippen molar-refractivity contribution in [2.45, 2.75) is 33.1 Å². The number of piperidine rings is 1. The Morgan fingerprint density at radius 3 is 2.07 bits per heavy atom. The predicted molar refractivity (Wildman–Crippen MR) is 114 cm³/mol. The molecule has 144 valence electrons. The Labute approximate surface area is 170 Å². The second-order valence-electron chi connectivity index (χ2n) is 7.50. The van der Waals surface area contributed by atoms with Gasteiger partial charge in [0.15, 0.2) is 0 Å². The molecule has 0 N–H and O–H groups in total. The smallest absolute Gasteiger partial charge is 0.277 e. The summed E-state index contributed by atoms with van der Waals surface area (Å²) in [5, 5.41) is -0.0200. The Kier molecular flexibility index (Phi) is 4.98. The highest BCUT2D eigenvalue weighted by Gasteiger charge is 2.39. The zero-order valence-electron chi connectivity index (χ0n) is 16.2. The third kappa shape index (κ3) is 3.22. The lowest BCUT2D eigenvalue weighted by molar-refractivity contribution is -0.119. The SMILES string of the molecule is Cc1ccc(C2=C(Cl)C(=O)N(c3ccc(N4CCCCC4)cc3)C2=O)cc1C. The molecular formula is C23H23ClN2O2. The molecule has 0 spiro atoms. The van der Waals surface area contributed by atoms with E-state index in [0.717, 1.165) is 29.9 Å². The minimum Gasteiger partial charge on any atom is -0.372 e. The van der Waals surface area contributed by atoms with Crippen LogP contribution in [0.1, 0.15) is 36.0 Å². The fourth-order valence-electron chi connectivity index (χ4n) is 3.85. The molecule has 2 aliphatic rings. The molecule has 28 heavy (non-hydrogen) atoms. The van der Waals surface area contributed by atoms with Gasteiger partial charge in [0.2, 0.25) is 0 Å². The van der Waals surface area contributed by atoms with Gasteiger partial charge in [-0.1, -0.05) is 29.8 Å². The summed E-state index contributed by atoms with van der Waals surface area (Å²) in [7, 11) is 0. The third-order valence-electron chi connectivity index (χ3n) is 5.65. The van der Waals surface area contributed by atoms with Gasteiger partial charge >= 0.3 is 0 Å². The van der Waals surface area contributed by atoms with E-state index in [-0.39, 0.29) is 16.5 Å². The van der Waals surface area contributed by atoms with Gasteiger partial charge < -0.3 is 4.90 Å². The molecule has 2 heterocycles. The van der Waals surface area contributed by atoms with E-state index in [1.54, 1.807) is 0 Å². The molecule has 4 rings (SSSR count). The number of benzene rings is 2. The van der Waals surface area contributed by atoms with E-state index in [9.17, 15) is 9.59 Å². The highest BCUT2D eigenvalue weighted by atomic mass is 35.5. The second kappa shape index (κ2) is 7.44. The number of nitrogens with zero attached hydrogens (tertiary/aromatic N) is 2. The molecule has 0 saturated carbocycles. The van der Waals surface area contributed by atoms with Crippen LogP contribution in [0.25, 0.3) is 5.57 Å². The summed E-state index contributed by atoms with van der Waals surface area (Å²) in [6, 6.07) is 13.3. The van der Waals surface area contributed by atoms with Crippen molar-refractivity contribution < 1.29 is 9.59 Å². The molecule has 0 unspecified atom stereocenters. The zero-order valence-corrected chi connectivity index (χ0v) is 16.9. The van der Waals surface area contributed by atoms with Crippen molar-refractivity contribution in [2.75, 3.05) is 22.9 Å². The molecule has 0 bridgehead atoms. The fraction of sp³-hybridized carbons (Fsp3) is 0.304. The highest BCUT2D eigenvalue weighted by molar-refractivity contribution is 6.60. The van der Waals surface area contributed by atoms with Gasteiger partial charge in [-0.05, 0) is 74.1 Å². The fourth-order valence-corrected chi connectivity index (χ4v) is 4.12. The van der Waals surface area contributed by atoms with E-state index in [1.807, 2.05) is 56.3 Å². The van der Waals surface area contributed by atoms with E-state index in [0.29, 0.717) is 11.3 Å². The average Bonchev–Trinajstić information content (AvgIpc) is 2.94. The van der Waals surface area contributed by atoms with Crippen molar-refractivity contribution >= 4 is 40.4 Å². The first-order chi connectivity index (χ1) is 13.5. The Morgan fingerprint density at radius 1 is 0.786 bits per heavy atom. The molecule has 0 radical (unpaired) electrons. The molecule has 1 fully saturated rings. The van der Waals surface area contributed by atoms with Gasteiger partial charge in [-0.3, -0.25) is 9.59 Å². The first kappa shape index (κ1) is 18.8. The van der Waals surface area contributed by atoms with Gasteiger partial charge in [0, 0.05) is 18.8 Å². The molecule has 2 aromatic rings. The van der Waals surface area contributed by atoms with Crippen LogP contribution < -0.4 is 9.80 Å². The number of hydrogen-bond donors (Lipinski definition) is 0. The van der Waals surface area contributed by atoms with Crippen molar-refractivity contribution in [1.29, 1.82) is 0 Å². The minimum atomic E-state index is -0.467. The summed E-state index contributed by atoms with van der Waals surface area (Å²) in [5.41, 5.74) is 4.80. The van der Waals surface area contributed by atoms with Crippen LogP contribution in [0.15, 0.2) is 47.5 Å². The van der Waals surface area contributed by atoms with E-state index in [2.05, 4.69) is 4.90 Å². The highest BCUT2D eigenvalue weighted by Crippen LogP contribution is 2.36. The molecule has 2 aliphatic heterocycles. The Morgan fingerprint density at radius 2 is 1.43 bits per heavy atom. The number of rotatable bonds is 3. The van der Waals surface area contributed by atoms with Gasteiger partial charge in [0.25, 0.3) is 11.8 Å². The van der Waals surface area contributed by atoms with Crippen LogP contribution in [0, 0.1) is 13.8 Å². The van der Waals surface area contributed by atoms with Crippen LogP contribution in [0.2, 0.25) is 0 Å².